The van der Waals surface area contributed by atoms with Gasteiger partial charge in [-0.25, -0.2) is 0 Å². The van der Waals surface area contributed by atoms with Gasteiger partial charge in [-0.05, 0) is 30.2 Å². The molecule has 0 aromatic heterocycles. The Morgan fingerprint density at radius 1 is 1.33 bits per heavy atom. The molecule has 0 aliphatic rings. The standard InChI is InChI=1S/C10H8F3NO/c1-7-4-8(2-3-14)6-9(5-7)15-10(11,12)13/h4-6H,2H2,1H3. The Balaban J connectivity index is 2.95. The summed E-state index contributed by atoms with van der Waals surface area (Å²) >= 11 is 0. The highest BCUT2D eigenvalue weighted by molar-refractivity contribution is 5.35. The summed E-state index contributed by atoms with van der Waals surface area (Å²) in [6.07, 6.45) is -4.63. The number of benzene rings is 1. The molecule has 0 unspecified atom stereocenters. The lowest BCUT2D eigenvalue weighted by Gasteiger charge is -2.10. The molecule has 0 spiro atoms. The van der Waals surface area contributed by atoms with Gasteiger partial charge >= 0.3 is 6.36 Å². The van der Waals surface area contributed by atoms with Crippen molar-refractivity contribution in [3.05, 3.63) is 29.3 Å². The summed E-state index contributed by atoms with van der Waals surface area (Å²) < 4.78 is 39.5. The third kappa shape index (κ3) is 3.90. The zero-order valence-corrected chi connectivity index (χ0v) is 7.93. The molecule has 0 fully saturated rings. The zero-order valence-electron chi connectivity index (χ0n) is 7.93. The number of nitrogens with zero attached hydrogens (tertiary/aromatic N) is 1. The quantitative estimate of drug-likeness (QED) is 0.759. The number of rotatable bonds is 2. The van der Waals surface area contributed by atoms with E-state index in [1.807, 2.05) is 6.07 Å². The lowest BCUT2D eigenvalue weighted by Crippen LogP contribution is -2.17. The maximum atomic E-state index is 11.9. The van der Waals surface area contributed by atoms with E-state index in [9.17, 15) is 13.2 Å². The van der Waals surface area contributed by atoms with Crippen molar-refractivity contribution in [1.29, 1.82) is 5.26 Å². The number of halogens is 3. The molecule has 0 saturated carbocycles. The molecule has 0 amide bonds. The molecule has 0 aliphatic heterocycles. The van der Waals surface area contributed by atoms with Crippen LogP contribution in [0.4, 0.5) is 13.2 Å². The summed E-state index contributed by atoms with van der Waals surface area (Å²) in [5.74, 6) is -0.284. The van der Waals surface area contributed by atoms with Crippen LogP contribution in [0, 0.1) is 18.3 Å². The molecular weight excluding hydrogens is 207 g/mol. The van der Waals surface area contributed by atoms with Crippen molar-refractivity contribution in [2.24, 2.45) is 0 Å². The predicted molar refractivity (Wildman–Crippen MR) is 47.2 cm³/mol. The van der Waals surface area contributed by atoms with Crippen LogP contribution in [0.1, 0.15) is 11.1 Å². The molecular formula is C10H8F3NO. The van der Waals surface area contributed by atoms with Crippen molar-refractivity contribution >= 4 is 0 Å². The molecule has 0 N–H and O–H groups in total. The minimum atomic E-state index is -4.70. The van der Waals surface area contributed by atoms with E-state index >= 15 is 0 Å². The van der Waals surface area contributed by atoms with Crippen molar-refractivity contribution in [2.75, 3.05) is 0 Å². The lowest BCUT2D eigenvalue weighted by atomic mass is 10.1. The molecule has 5 heteroatoms. The van der Waals surface area contributed by atoms with Gasteiger partial charge in [-0.3, -0.25) is 0 Å². The minimum absolute atomic E-state index is 0.0654. The van der Waals surface area contributed by atoms with Gasteiger partial charge in [0, 0.05) is 0 Å². The molecule has 1 aromatic rings. The molecule has 0 aliphatic carbocycles. The Labute approximate surface area is 84.9 Å². The van der Waals surface area contributed by atoms with Crippen LogP contribution in [0.5, 0.6) is 5.75 Å². The largest absolute Gasteiger partial charge is 0.573 e. The Hall–Kier alpha value is -1.70. The average molecular weight is 215 g/mol. The second-order valence-electron chi connectivity index (χ2n) is 3.04. The topological polar surface area (TPSA) is 33.0 Å². The summed E-state index contributed by atoms with van der Waals surface area (Å²) in [6, 6.07) is 5.99. The van der Waals surface area contributed by atoms with Crippen molar-refractivity contribution in [1.82, 2.24) is 0 Å². The summed E-state index contributed by atoms with van der Waals surface area (Å²) in [7, 11) is 0. The fourth-order valence-electron chi connectivity index (χ4n) is 1.21. The molecule has 0 heterocycles. The Kier molecular flexibility index (Phi) is 3.20. The lowest BCUT2D eigenvalue weighted by molar-refractivity contribution is -0.274. The number of alkyl halides is 3. The number of hydrogen-bond donors (Lipinski definition) is 0. The van der Waals surface area contributed by atoms with Crippen LogP contribution in [0.25, 0.3) is 0 Å². The molecule has 15 heavy (non-hydrogen) atoms. The molecule has 0 bridgehead atoms. The maximum Gasteiger partial charge on any atom is 0.573 e. The van der Waals surface area contributed by atoms with Crippen LogP contribution in [-0.2, 0) is 6.42 Å². The fraction of sp³-hybridized carbons (Fsp3) is 0.300. The van der Waals surface area contributed by atoms with Gasteiger partial charge in [-0.2, -0.15) is 5.26 Å². The van der Waals surface area contributed by atoms with Crippen molar-refractivity contribution in [2.45, 2.75) is 19.7 Å². The van der Waals surface area contributed by atoms with Gasteiger partial charge < -0.3 is 4.74 Å². The van der Waals surface area contributed by atoms with Gasteiger partial charge in [0.1, 0.15) is 5.75 Å². The average Bonchev–Trinajstić information content (AvgIpc) is 1.99. The zero-order chi connectivity index (χ0) is 11.5. The fourth-order valence-corrected chi connectivity index (χ4v) is 1.21. The van der Waals surface area contributed by atoms with E-state index in [0.29, 0.717) is 11.1 Å². The van der Waals surface area contributed by atoms with Crippen molar-refractivity contribution < 1.29 is 17.9 Å². The summed E-state index contributed by atoms with van der Waals surface area (Å²) in [5, 5.41) is 8.42. The van der Waals surface area contributed by atoms with Crippen molar-refractivity contribution in [3.63, 3.8) is 0 Å². The van der Waals surface area contributed by atoms with Gasteiger partial charge in [-0.15, -0.1) is 13.2 Å². The number of ether oxygens (including phenoxy) is 1. The first kappa shape index (κ1) is 11.4. The van der Waals surface area contributed by atoms with E-state index in [-0.39, 0.29) is 12.2 Å². The van der Waals surface area contributed by atoms with Gasteiger partial charge in [-0.1, -0.05) is 6.07 Å². The molecule has 1 aromatic carbocycles. The molecule has 0 saturated heterocycles. The third-order valence-corrected chi connectivity index (χ3v) is 1.63. The van der Waals surface area contributed by atoms with E-state index in [0.717, 1.165) is 0 Å². The van der Waals surface area contributed by atoms with Crippen LogP contribution in [0.2, 0.25) is 0 Å². The Bertz CT molecular complexity index is 393. The van der Waals surface area contributed by atoms with Gasteiger partial charge in [0.05, 0.1) is 12.5 Å². The molecule has 0 radical (unpaired) electrons. The predicted octanol–water partition coefficient (Wildman–Crippen LogP) is 2.96. The first-order valence-corrected chi connectivity index (χ1v) is 4.14. The number of hydrogen-bond acceptors (Lipinski definition) is 2. The number of nitriles is 1. The summed E-state index contributed by atoms with van der Waals surface area (Å²) in [5.41, 5.74) is 1.14. The normalized spacial score (nSPS) is 10.9. The Morgan fingerprint density at radius 2 is 2.00 bits per heavy atom. The van der Waals surface area contributed by atoms with E-state index in [1.165, 1.54) is 12.1 Å². The SMILES string of the molecule is Cc1cc(CC#N)cc(OC(F)(F)F)c1. The first-order chi connectivity index (χ1) is 6.90. The highest BCUT2D eigenvalue weighted by Crippen LogP contribution is 2.24. The van der Waals surface area contributed by atoms with Crippen LogP contribution in [0.3, 0.4) is 0 Å². The highest BCUT2D eigenvalue weighted by Gasteiger charge is 2.31. The van der Waals surface area contributed by atoms with Gasteiger partial charge in [0.25, 0.3) is 0 Å². The van der Waals surface area contributed by atoms with Crippen LogP contribution < -0.4 is 4.74 Å². The van der Waals surface area contributed by atoms with Crippen LogP contribution in [0.15, 0.2) is 18.2 Å². The van der Waals surface area contributed by atoms with E-state index in [4.69, 9.17) is 5.26 Å². The second kappa shape index (κ2) is 4.22. The molecule has 1 rings (SSSR count). The van der Waals surface area contributed by atoms with Crippen molar-refractivity contribution in [3.8, 4) is 11.8 Å². The van der Waals surface area contributed by atoms with Crippen LogP contribution >= 0.6 is 0 Å². The summed E-state index contributed by atoms with van der Waals surface area (Å²) in [4.78, 5) is 0. The monoisotopic (exact) mass is 215 g/mol. The van der Waals surface area contributed by atoms with E-state index in [2.05, 4.69) is 4.74 Å². The molecule has 2 nitrogen and oxygen atoms in total. The molecule has 80 valence electrons. The highest BCUT2D eigenvalue weighted by atomic mass is 19.4. The van der Waals surface area contributed by atoms with E-state index < -0.39 is 6.36 Å². The summed E-state index contributed by atoms with van der Waals surface area (Å²) in [6.45, 7) is 1.64. The van der Waals surface area contributed by atoms with Gasteiger partial charge in [0.2, 0.25) is 0 Å². The number of aryl methyl sites for hydroxylation is 1. The van der Waals surface area contributed by atoms with E-state index in [1.54, 1.807) is 13.0 Å². The third-order valence-electron chi connectivity index (χ3n) is 1.63. The second-order valence-corrected chi connectivity index (χ2v) is 3.04. The maximum absolute atomic E-state index is 11.9. The minimum Gasteiger partial charge on any atom is -0.406 e. The molecule has 0 atom stereocenters. The Morgan fingerprint density at radius 3 is 2.53 bits per heavy atom. The van der Waals surface area contributed by atoms with Crippen LogP contribution in [-0.4, -0.2) is 6.36 Å². The van der Waals surface area contributed by atoms with Gasteiger partial charge in [0.15, 0.2) is 0 Å². The first-order valence-electron chi connectivity index (χ1n) is 4.14. The smallest absolute Gasteiger partial charge is 0.406 e.